The summed E-state index contributed by atoms with van der Waals surface area (Å²) in [5.74, 6) is 0.941. The van der Waals surface area contributed by atoms with E-state index in [2.05, 4.69) is 38.6 Å². The predicted molar refractivity (Wildman–Crippen MR) is 97.4 cm³/mol. The zero-order valence-electron chi connectivity index (χ0n) is 14.2. The molecular formula is C18H24N4OS. The first kappa shape index (κ1) is 16.9. The van der Waals surface area contributed by atoms with Crippen LogP contribution < -0.4 is 10.2 Å². The van der Waals surface area contributed by atoms with Gasteiger partial charge >= 0.3 is 0 Å². The Hall–Kier alpha value is -1.95. The first-order chi connectivity index (χ1) is 11.7. The van der Waals surface area contributed by atoms with Crippen molar-refractivity contribution in [3.05, 3.63) is 41.7 Å². The molecule has 5 nitrogen and oxygen atoms in total. The van der Waals surface area contributed by atoms with Gasteiger partial charge in [0, 0.05) is 30.5 Å². The molecule has 0 saturated carbocycles. The minimum absolute atomic E-state index is 0.113. The lowest BCUT2D eigenvalue weighted by molar-refractivity contribution is -0.122. The van der Waals surface area contributed by atoms with Crippen molar-refractivity contribution in [3.63, 3.8) is 0 Å². The maximum atomic E-state index is 12.5. The highest BCUT2D eigenvalue weighted by molar-refractivity contribution is 7.09. The SMILES string of the molecule is CC[C@@H](C)NC(=O)[C@@H]1CCCN1c1nc(Cc2ccccc2)ns1. The first-order valence-electron chi connectivity index (χ1n) is 8.61. The maximum absolute atomic E-state index is 12.5. The summed E-state index contributed by atoms with van der Waals surface area (Å²) in [5.41, 5.74) is 1.20. The van der Waals surface area contributed by atoms with E-state index in [9.17, 15) is 4.79 Å². The van der Waals surface area contributed by atoms with Gasteiger partial charge in [-0.1, -0.05) is 37.3 Å². The van der Waals surface area contributed by atoms with Crippen molar-refractivity contribution < 1.29 is 4.79 Å². The number of nitrogens with one attached hydrogen (secondary N) is 1. The van der Waals surface area contributed by atoms with E-state index in [4.69, 9.17) is 0 Å². The quantitative estimate of drug-likeness (QED) is 0.875. The molecule has 1 amide bonds. The summed E-state index contributed by atoms with van der Waals surface area (Å²) in [7, 11) is 0. The lowest BCUT2D eigenvalue weighted by Gasteiger charge is -2.24. The second-order valence-corrected chi connectivity index (χ2v) is 7.06. The molecule has 1 saturated heterocycles. The second kappa shape index (κ2) is 7.75. The second-order valence-electron chi connectivity index (χ2n) is 6.32. The lowest BCUT2D eigenvalue weighted by atomic mass is 10.1. The molecule has 1 aromatic carbocycles. The molecule has 1 N–H and O–H groups in total. The van der Waals surface area contributed by atoms with Crippen LogP contribution in [0.25, 0.3) is 0 Å². The summed E-state index contributed by atoms with van der Waals surface area (Å²) < 4.78 is 4.48. The Morgan fingerprint density at radius 3 is 2.96 bits per heavy atom. The van der Waals surface area contributed by atoms with Gasteiger partial charge in [0.2, 0.25) is 11.0 Å². The Morgan fingerprint density at radius 1 is 1.42 bits per heavy atom. The van der Waals surface area contributed by atoms with Crippen LogP contribution in [0.2, 0.25) is 0 Å². The van der Waals surface area contributed by atoms with Gasteiger partial charge in [0.15, 0.2) is 0 Å². The maximum Gasteiger partial charge on any atom is 0.242 e. The molecule has 3 rings (SSSR count). The lowest BCUT2D eigenvalue weighted by Crippen LogP contribution is -2.46. The van der Waals surface area contributed by atoms with E-state index in [0.717, 1.165) is 43.2 Å². The predicted octanol–water partition coefficient (Wildman–Crippen LogP) is 3.01. The van der Waals surface area contributed by atoms with Crippen molar-refractivity contribution in [2.45, 2.75) is 51.6 Å². The summed E-state index contributed by atoms with van der Waals surface area (Å²) in [5, 5.41) is 3.96. The Bertz CT molecular complexity index is 673. The molecule has 1 fully saturated rings. The highest BCUT2D eigenvalue weighted by Crippen LogP contribution is 2.27. The minimum Gasteiger partial charge on any atom is -0.352 e. The first-order valence-corrected chi connectivity index (χ1v) is 9.38. The number of anilines is 1. The molecule has 0 bridgehead atoms. The molecular weight excluding hydrogens is 320 g/mol. The van der Waals surface area contributed by atoms with Crippen LogP contribution >= 0.6 is 11.5 Å². The average molecular weight is 344 g/mol. The van der Waals surface area contributed by atoms with Crippen LogP contribution in [0.5, 0.6) is 0 Å². The topological polar surface area (TPSA) is 58.1 Å². The third kappa shape index (κ3) is 3.93. The van der Waals surface area contributed by atoms with Crippen molar-refractivity contribution in [1.82, 2.24) is 14.7 Å². The van der Waals surface area contributed by atoms with E-state index < -0.39 is 0 Å². The molecule has 1 aliphatic heterocycles. The van der Waals surface area contributed by atoms with Crippen LogP contribution in [0.1, 0.15) is 44.5 Å². The Morgan fingerprint density at radius 2 is 2.21 bits per heavy atom. The molecule has 0 aliphatic carbocycles. The van der Waals surface area contributed by atoms with Crippen molar-refractivity contribution in [2.24, 2.45) is 0 Å². The van der Waals surface area contributed by atoms with E-state index >= 15 is 0 Å². The number of amides is 1. The molecule has 128 valence electrons. The third-order valence-electron chi connectivity index (χ3n) is 4.46. The smallest absolute Gasteiger partial charge is 0.242 e. The fourth-order valence-corrected chi connectivity index (χ4v) is 3.68. The van der Waals surface area contributed by atoms with E-state index in [1.807, 2.05) is 25.1 Å². The van der Waals surface area contributed by atoms with Gasteiger partial charge in [-0.2, -0.15) is 4.37 Å². The van der Waals surface area contributed by atoms with E-state index in [1.165, 1.54) is 17.1 Å². The summed E-state index contributed by atoms with van der Waals surface area (Å²) in [4.78, 5) is 19.3. The molecule has 2 atom stereocenters. The van der Waals surface area contributed by atoms with Gasteiger partial charge in [-0.15, -0.1) is 0 Å². The molecule has 1 aliphatic rings. The molecule has 6 heteroatoms. The standard InChI is InChI=1S/C18H24N4OS/c1-3-13(2)19-17(23)15-10-7-11-22(15)18-20-16(21-24-18)12-14-8-5-4-6-9-14/h4-6,8-9,13,15H,3,7,10-12H2,1-2H3,(H,19,23)/t13-,15+/m1/s1. The zero-order chi connectivity index (χ0) is 16.9. The number of hydrogen-bond donors (Lipinski definition) is 1. The van der Waals surface area contributed by atoms with Crippen LogP contribution in [-0.2, 0) is 11.2 Å². The number of nitrogens with zero attached hydrogens (tertiary/aromatic N) is 3. The number of aromatic nitrogens is 2. The van der Waals surface area contributed by atoms with Crippen LogP contribution in [-0.4, -0.2) is 33.9 Å². The molecule has 2 heterocycles. The average Bonchev–Trinajstić information content (AvgIpc) is 3.24. The highest BCUT2D eigenvalue weighted by Gasteiger charge is 2.33. The molecule has 0 radical (unpaired) electrons. The molecule has 2 aromatic rings. The van der Waals surface area contributed by atoms with Gasteiger partial charge < -0.3 is 10.2 Å². The van der Waals surface area contributed by atoms with Gasteiger partial charge in [0.05, 0.1) is 0 Å². The van der Waals surface area contributed by atoms with E-state index in [1.54, 1.807) is 0 Å². The van der Waals surface area contributed by atoms with Crippen molar-refractivity contribution in [1.29, 1.82) is 0 Å². The van der Waals surface area contributed by atoms with Gasteiger partial charge in [-0.25, -0.2) is 4.98 Å². The largest absolute Gasteiger partial charge is 0.352 e. The van der Waals surface area contributed by atoms with Gasteiger partial charge in [0.25, 0.3) is 0 Å². The van der Waals surface area contributed by atoms with Crippen LogP contribution in [0.4, 0.5) is 5.13 Å². The highest BCUT2D eigenvalue weighted by atomic mass is 32.1. The van der Waals surface area contributed by atoms with Crippen LogP contribution in [0.3, 0.4) is 0 Å². The molecule has 24 heavy (non-hydrogen) atoms. The fourth-order valence-electron chi connectivity index (χ4n) is 2.92. The number of carbonyl (C=O) groups excluding carboxylic acids is 1. The van der Waals surface area contributed by atoms with Crippen molar-refractivity contribution >= 4 is 22.6 Å². The zero-order valence-corrected chi connectivity index (χ0v) is 15.1. The summed E-state index contributed by atoms with van der Waals surface area (Å²) >= 11 is 1.40. The number of hydrogen-bond acceptors (Lipinski definition) is 5. The monoisotopic (exact) mass is 344 g/mol. The Kier molecular flexibility index (Phi) is 5.45. The number of benzene rings is 1. The van der Waals surface area contributed by atoms with Crippen molar-refractivity contribution in [3.8, 4) is 0 Å². The summed E-state index contributed by atoms with van der Waals surface area (Å²) in [6.07, 6.45) is 3.58. The number of rotatable bonds is 6. The van der Waals surface area contributed by atoms with Crippen LogP contribution in [0, 0.1) is 0 Å². The fraction of sp³-hybridized carbons (Fsp3) is 0.500. The molecule has 0 unspecified atom stereocenters. The van der Waals surface area contributed by atoms with Crippen LogP contribution in [0.15, 0.2) is 30.3 Å². The Labute approximate surface area is 147 Å². The molecule has 0 spiro atoms. The third-order valence-corrected chi connectivity index (χ3v) is 5.26. The molecule has 1 aromatic heterocycles. The van der Waals surface area contributed by atoms with Crippen molar-refractivity contribution in [2.75, 3.05) is 11.4 Å². The van der Waals surface area contributed by atoms with E-state index in [0.29, 0.717) is 0 Å². The summed E-state index contributed by atoms with van der Waals surface area (Å²) in [6, 6.07) is 10.3. The van der Waals surface area contributed by atoms with Gasteiger partial charge in [0.1, 0.15) is 11.9 Å². The summed E-state index contributed by atoms with van der Waals surface area (Å²) in [6.45, 7) is 5.00. The van der Waals surface area contributed by atoms with Gasteiger partial charge in [-0.3, -0.25) is 4.79 Å². The number of carbonyl (C=O) groups is 1. The van der Waals surface area contributed by atoms with Gasteiger partial charge in [-0.05, 0) is 31.7 Å². The Balaban J connectivity index is 1.68. The van der Waals surface area contributed by atoms with E-state index in [-0.39, 0.29) is 18.0 Å². The normalized spacial score (nSPS) is 18.6. The minimum atomic E-state index is -0.114.